The molecular weight excluding hydrogens is 397 g/mol. The van der Waals surface area contributed by atoms with Crippen molar-refractivity contribution in [3.8, 4) is 0 Å². The van der Waals surface area contributed by atoms with Crippen LogP contribution >= 0.6 is 24.8 Å². The van der Waals surface area contributed by atoms with E-state index < -0.39 is 15.4 Å². The third-order valence-electron chi connectivity index (χ3n) is 5.01. The fourth-order valence-corrected chi connectivity index (χ4v) is 4.62. The lowest BCUT2D eigenvalue weighted by molar-refractivity contribution is -0.122. The van der Waals surface area contributed by atoms with Gasteiger partial charge in [0.05, 0.1) is 17.0 Å². The van der Waals surface area contributed by atoms with E-state index >= 15 is 0 Å². The summed E-state index contributed by atoms with van der Waals surface area (Å²) in [5.41, 5.74) is 7.14. The molecule has 0 atom stereocenters. The van der Waals surface area contributed by atoms with E-state index in [0.29, 0.717) is 18.8 Å². The molecule has 1 amide bonds. The number of nitrogens with zero attached hydrogens (tertiary/aromatic N) is 1. The minimum atomic E-state index is -2.90. The van der Waals surface area contributed by atoms with Crippen molar-refractivity contribution in [2.75, 3.05) is 34.8 Å². The number of sulfone groups is 1. The predicted octanol–water partition coefficient (Wildman–Crippen LogP) is 2.37. The van der Waals surface area contributed by atoms with E-state index in [0.717, 1.165) is 37.8 Å². The predicted molar refractivity (Wildman–Crippen MR) is 110 cm³/mol. The van der Waals surface area contributed by atoms with Gasteiger partial charge in [0, 0.05) is 24.5 Å². The van der Waals surface area contributed by atoms with Gasteiger partial charge in [-0.1, -0.05) is 25.3 Å². The van der Waals surface area contributed by atoms with Crippen LogP contribution in [0.5, 0.6) is 0 Å². The molecule has 0 spiro atoms. The molecule has 26 heavy (non-hydrogen) atoms. The second-order valence-electron chi connectivity index (χ2n) is 6.86. The van der Waals surface area contributed by atoms with E-state index in [2.05, 4.69) is 5.32 Å². The third kappa shape index (κ3) is 5.49. The average molecular weight is 424 g/mol. The number of amides is 1. The number of nitrogens with two attached hydrogens (primary N) is 1. The van der Waals surface area contributed by atoms with Gasteiger partial charge in [0.15, 0.2) is 9.84 Å². The van der Waals surface area contributed by atoms with Crippen LogP contribution in [0.2, 0.25) is 0 Å². The van der Waals surface area contributed by atoms with E-state index in [1.165, 1.54) is 0 Å². The number of halogens is 2. The maximum Gasteiger partial charge on any atom is 0.244 e. The zero-order chi connectivity index (χ0) is 17.2. The van der Waals surface area contributed by atoms with Crippen LogP contribution in [0.4, 0.5) is 11.4 Å². The van der Waals surface area contributed by atoms with Gasteiger partial charge >= 0.3 is 0 Å². The Kier molecular flexibility index (Phi) is 8.20. The molecule has 3 rings (SSSR count). The summed E-state index contributed by atoms with van der Waals surface area (Å²) in [6.07, 6.45) is 4.57. The highest BCUT2D eigenvalue weighted by atomic mass is 35.5. The molecule has 148 valence electrons. The maximum absolute atomic E-state index is 12.5. The molecule has 1 saturated heterocycles. The number of hydrogen-bond acceptors (Lipinski definition) is 5. The quantitative estimate of drug-likeness (QED) is 0.777. The lowest BCUT2D eigenvalue weighted by atomic mass is 9.82. The topological polar surface area (TPSA) is 92.5 Å². The molecule has 2 fully saturated rings. The van der Waals surface area contributed by atoms with Crippen LogP contribution in [0.25, 0.3) is 0 Å². The highest BCUT2D eigenvalue weighted by Crippen LogP contribution is 2.28. The first-order chi connectivity index (χ1) is 11.4. The van der Waals surface area contributed by atoms with E-state index in [1.54, 1.807) is 0 Å². The van der Waals surface area contributed by atoms with Crippen molar-refractivity contribution in [2.24, 2.45) is 5.73 Å². The lowest BCUT2D eigenvalue weighted by Gasteiger charge is -2.32. The van der Waals surface area contributed by atoms with Gasteiger partial charge in [0.25, 0.3) is 0 Å². The van der Waals surface area contributed by atoms with E-state index in [1.807, 2.05) is 29.2 Å². The van der Waals surface area contributed by atoms with E-state index in [4.69, 9.17) is 5.73 Å². The Morgan fingerprint density at radius 1 is 1.08 bits per heavy atom. The summed E-state index contributed by atoms with van der Waals surface area (Å²) in [5.74, 6) is 0.228. The molecule has 1 aliphatic carbocycles. The number of anilines is 2. The van der Waals surface area contributed by atoms with Gasteiger partial charge in [-0.3, -0.25) is 4.79 Å². The number of carbonyl (C=O) groups is 1. The summed E-state index contributed by atoms with van der Waals surface area (Å²) in [4.78, 5) is 14.6. The maximum atomic E-state index is 12.5. The van der Waals surface area contributed by atoms with Gasteiger partial charge in [-0.15, -0.1) is 24.8 Å². The summed E-state index contributed by atoms with van der Waals surface area (Å²) in [6.45, 7) is 0.973. The molecule has 0 aromatic heterocycles. The van der Waals surface area contributed by atoms with Gasteiger partial charge in [0.1, 0.15) is 0 Å². The first-order valence-electron chi connectivity index (χ1n) is 8.54. The smallest absolute Gasteiger partial charge is 0.244 e. The summed E-state index contributed by atoms with van der Waals surface area (Å²) in [7, 11) is -2.90. The Morgan fingerprint density at radius 3 is 2.31 bits per heavy atom. The Hall–Kier alpha value is -1.02. The normalized spacial score (nSPS) is 21.0. The van der Waals surface area contributed by atoms with Gasteiger partial charge < -0.3 is 16.0 Å². The zero-order valence-corrected chi connectivity index (χ0v) is 17.1. The summed E-state index contributed by atoms with van der Waals surface area (Å²) in [5, 5.41) is 2.94. The van der Waals surface area contributed by atoms with Crippen LogP contribution in [0, 0.1) is 0 Å². The molecule has 0 unspecified atom stereocenters. The largest absolute Gasteiger partial charge is 0.369 e. The molecular formula is C17H27Cl2N3O3S. The van der Waals surface area contributed by atoms with Gasteiger partial charge in [0.2, 0.25) is 5.91 Å². The molecule has 2 aliphatic rings. The van der Waals surface area contributed by atoms with Crippen LogP contribution in [0.15, 0.2) is 24.3 Å². The molecule has 1 aromatic carbocycles. The molecule has 1 saturated carbocycles. The summed E-state index contributed by atoms with van der Waals surface area (Å²) in [6, 6.07) is 7.54. The third-order valence-corrected chi connectivity index (χ3v) is 6.62. The van der Waals surface area contributed by atoms with Gasteiger partial charge in [-0.2, -0.15) is 0 Å². The second-order valence-corrected chi connectivity index (χ2v) is 9.16. The minimum absolute atomic E-state index is 0. The Morgan fingerprint density at radius 2 is 1.69 bits per heavy atom. The average Bonchev–Trinajstić information content (AvgIpc) is 2.56. The fraction of sp³-hybridized carbons (Fsp3) is 0.588. The molecule has 6 nitrogen and oxygen atoms in total. The minimum Gasteiger partial charge on any atom is -0.369 e. The number of nitrogens with one attached hydrogen (secondary N) is 1. The molecule has 0 bridgehead atoms. The van der Waals surface area contributed by atoms with Crippen molar-refractivity contribution in [2.45, 2.75) is 37.6 Å². The monoisotopic (exact) mass is 423 g/mol. The van der Waals surface area contributed by atoms with Crippen molar-refractivity contribution in [3.05, 3.63) is 24.3 Å². The number of hydrogen-bond donors (Lipinski definition) is 2. The van der Waals surface area contributed by atoms with Crippen LogP contribution in [0.1, 0.15) is 32.1 Å². The first-order valence-corrected chi connectivity index (χ1v) is 10.4. The second kappa shape index (κ2) is 9.26. The number of carbonyl (C=O) groups excluding carboxylic acids is 1. The van der Waals surface area contributed by atoms with Crippen molar-refractivity contribution in [3.63, 3.8) is 0 Å². The Balaban J connectivity index is 0.00000169. The van der Waals surface area contributed by atoms with Crippen LogP contribution < -0.4 is 16.0 Å². The van der Waals surface area contributed by atoms with Crippen LogP contribution in [0.3, 0.4) is 0 Å². The van der Waals surface area contributed by atoms with E-state index in [-0.39, 0.29) is 42.2 Å². The summed E-state index contributed by atoms with van der Waals surface area (Å²) < 4.78 is 23.1. The van der Waals surface area contributed by atoms with Crippen molar-refractivity contribution in [1.29, 1.82) is 0 Å². The van der Waals surface area contributed by atoms with Crippen LogP contribution in [-0.2, 0) is 14.6 Å². The number of rotatable bonds is 3. The van der Waals surface area contributed by atoms with Gasteiger partial charge in [-0.25, -0.2) is 8.42 Å². The molecule has 1 aliphatic heterocycles. The number of benzene rings is 1. The summed E-state index contributed by atoms with van der Waals surface area (Å²) >= 11 is 0. The van der Waals surface area contributed by atoms with Crippen molar-refractivity contribution >= 4 is 51.9 Å². The molecule has 1 aromatic rings. The fourth-order valence-electron chi connectivity index (χ4n) is 3.42. The molecule has 0 radical (unpaired) electrons. The Labute approximate surface area is 167 Å². The van der Waals surface area contributed by atoms with Crippen molar-refractivity contribution < 1.29 is 13.2 Å². The first kappa shape index (κ1) is 23.0. The Bertz CT molecular complexity index is 708. The molecule has 1 heterocycles. The highest BCUT2D eigenvalue weighted by Gasteiger charge is 2.35. The standard InChI is InChI=1S/C17H25N3O3S.2ClH/c18-17(7-2-1-3-8-17)16(21)19-14-5-4-6-15(13-14)20-9-11-24(22,23)12-10-20;;/h4-6,13H,1-3,7-12,18H2,(H,19,21);2*1H. The highest BCUT2D eigenvalue weighted by molar-refractivity contribution is 7.91. The SMILES string of the molecule is Cl.Cl.NC1(C(=O)Nc2cccc(N3CCS(=O)(=O)CC3)c2)CCCCC1. The van der Waals surface area contributed by atoms with E-state index in [9.17, 15) is 13.2 Å². The molecule has 3 N–H and O–H groups in total. The zero-order valence-electron chi connectivity index (χ0n) is 14.6. The van der Waals surface area contributed by atoms with Crippen LogP contribution in [-0.4, -0.2) is 44.5 Å². The lowest BCUT2D eigenvalue weighted by Crippen LogP contribution is -2.52. The van der Waals surface area contributed by atoms with Gasteiger partial charge in [-0.05, 0) is 31.0 Å². The molecule has 9 heteroatoms. The van der Waals surface area contributed by atoms with Crippen molar-refractivity contribution in [1.82, 2.24) is 0 Å².